The SMILES string of the molecule is CC(CN(C)CCC(=O)Nc1ccccc1)C(=O)O. The van der Waals surface area contributed by atoms with Gasteiger partial charge in [-0.1, -0.05) is 25.1 Å². The second kappa shape index (κ2) is 7.53. The summed E-state index contributed by atoms with van der Waals surface area (Å²) in [6, 6.07) is 9.26. The molecule has 0 saturated carbocycles. The molecule has 0 aromatic heterocycles. The molecule has 1 amide bonds. The maximum atomic E-state index is 11.7. The number of benzene rings is 1. The molecule has 19 heavy (non-hydrogen) atoms. The lowest BCUT2D eigenvalue weighted by molar-refractivity contribution is -0.141. The third kappa shape index (κ3) is 6.01. The summed E-state index contributed by atoms with van der Waals surface area (Å²) in [5, 5.41) is 11.6. The van der Waals surface area contributed by atoms with Crippen LogP contribution in [-0.4, -0.2) is 42.0 Å². The third-order valence-electron chi connectivity index (χ3n) is 2.79. The van der Waals surface area contributed by atoms with Crippen molar-refractivity contribution in [2.75, 3.05) is 25.5 Å². The molecule has 0 saturated heterocycles. The minimum absolute atomic E-state index is 0.0685. The Kier molecular flexibility index (Phi) is 6.02. The van der Waals surface area contributed by atoms with E-state index in [9.17, 15) is 9.59 Å². The highest BCUT2D eigenvalue weighted by atomic mass is 16.4. The van der Waals surface area contributed by atoms with Crippen LogP contribution in [0.1, 0.15) is 13.3 Å². The fourth-order valence-electron chi connectivity index (χ4n) is 1.67. The molecule has 5 nitrogen and oxygen atoms in total. The second-order valence-electron chi connectivity index (χ2n) is 4.67. The zero-order valence-electron chi connectivity index (χ0n) is 11.3. The van der Waals surface area contributed by atoms with Gasteiger partial charge in [0.15, 0.2) is 0 Å². The number of rotatable bonds is 7. The molecular formula is C14H20N2O3. The quantitative estimate of drug-likeness (QED) is 0.786. The van der Waals surface area contributed by atoms with Gasteiger partial charge in [0.2, 0.25) is 5.91 Å². The van der Waals surface area contributed by atoms with Crippen LogP contribution in [0.2, 0.25) is 0 Å². The molecule has 0 aliphatic carbocycles. The van der Waals surface area contributed by atoms with Crippen LogP contribution in [0.15, 0.2) is 30.3 Å². The molecule has 1 unspecified atom stereocenters. The predicted octanol–water partition coefficient (Wildman–Crippen LogP) is 1.67. The average Bonchev–Trinajstić information content (AvgIpc) is 2.37. The average molecular weight is 264 g/mol. The van der Waals surface area contributed by atoms with Crippen molar-refractivity contribution in [3.05, 3.63) is 30.3 Å². The van der Waals surface area contributed by atoms with E-state index in [1.807, 2.05) is 42.3 Å². The molecule has 1 atom stereocenters. The molecule has 0 aliphatic heterocycles. The van der Waals surface area contributed by atoms with E-state index in [0.717, 1.165) is 5.69 Å². The Labute approximate surface area is 113 Å². The number of carboxylic acid groups (broad SMARTS) is 1. The maximum Gasteiger partial charge on any atom is 0.307 e. The summed E-state index contributed by atoms with van der Waals surface area (Å²) in [4.78, 5) is 24.2. The van der Waals surface area contributed by atoms with Crippen molar-refractivity contribution in [3.63, 3.8) is 0 Å². The van der Waals surface area contributed by atoms with Gasteiger partial charge < -0.3 is 15.3 Å². The molecule has 0 aliphatic rings. The van der Waals surface area contributed by atoms with Crippen molar-refractivity contribution < 1.29 is 14.7 Å². The van der Waals surface area contributed by atoms with Crippen LogP contribution in [0.25, 0.3) is 0 Å². The topological polar surface area (TPSA) is 69.6 Å². The highest BCUT2D eigenvalue weighted by Crippen LogP contribution is 2.06. The van der Waals surface area contributed by atoms with Crippen molar-refractivity contribution in [2.45, 2.75) is 13.3 Å². The Morgan fingerprint density at radius 2 is 1.95 bits per heavy atom. The monoisotopic (exact) mass is 264 g/mol. The zero-order chi connectivity index (χ0) is 14.3. The molecule has 104 valence electrons. The number of para-hydroxylation sites is 1. The molecule has 1 rings (SSSR count). The largest absolute Gasteiger partial charge is 0.481 e. The standard InChI is InChI=1S/C14H20N2O3/c1-11(14(18)19)10-16(2)9-8-13(17)15-12-6-4-3-5-7-12/h3-7,11H,8-10H2,1-2H3,(H,15,17)(H,18,19). The van der Waals surface area contributed by atoms with E-state index in [1.165, 1.54) is 0 Å². The summed E-state index contributed by atoms with van der Waals surface area (Å²) in [5.74, 6) is -1.32. The Morgan fingerprint density at radius 1 is 1.32 bits per heavy atom. The molecular weight excluding hydrogens is 244 g/mol. The van der Waals surface area contributed by atoms with Crippen LogP contribution < -0.4 is 5.32 Å². The number of nitrogens with one attached hydrogen (secondary N) is 1. The number of hydrogen-bond donors (Lipinski definition) is 2. The summed E-state index contributed by atoms with van der Waals surface area (Å²) >= 11 is 0. The minimum atomic E-state index is -0.819. The van der Waals surface area contributed by atoms with Gasteiger partial charge >= 0.3 is 5.97 Å². The van der Waals surface area contributed by atoms with Gasteiger partial charge in [0.25, 0.3) is 0 Å². The van der Waals surface area contributed by atoms with E-state index in [0.29, 0.717) is 19.5 Å². The Hall–Kier alpha value is -1.88. The number of carbonyl (C=O) groups is 2. The first-order valence-electron chi connectivity index (χ1n) is 6.25. The first-order valence-corrected chi connectivity index (χ1v) is 6.25. The van der Waals surface area contributed by atoms with Crippen LogP contribution >= 0.6 is 0 Å². The van der Waals surface area contributed by atoms with Crippen molar-refractivity contribution >= 4 is 17.6 Å². The molecule has 0 radical (unpaired) electrons. The maximum absolute atomic E-state index is 11.7. The van der Waals surface area contributed by atoms with E-state index >= 15 is 0 Å². The van der Waals surface area contributed by atoms with Gasteiger partial charge in [0.1, 0.15) is 0 Å². The smallest absolute Gasteiger partial charge is 0.307 e. The summed E-state index contributed by atoms with van der Waals surface area (Å²) < 4.78 is 0. The molecule has 5 heteroatoms. The predicted molar refractivity (Wildman–Crippen MR) is 74.0 cm³/mol. The van der Waals surface area contributed by atoms with Gasteiger partial charge in [0.05, 0.1) is 5.92 Å². The Morgan fingerprint density at radius 3 is 2.53 bits per heavy atom. The van der Waals surface area contributed by atoms with Gasteiger partial charge in [0, 0.05) is 25.2 Å². The van der Waals surface area contributed by atoms with E-state index in [-0.39, 0.29) is 5.91 Å². The van der Waals surface area contributed by atoms with Crippen molar-refractivity contribution in [1.82, 2.24) is 4.90 Å². The molecule has 1 aromatic rings. The van der Waals surface area contributed by atoms with Crippen molar-refractivity contribution in [1.29, 1.82) is 0 Å². The summed E-state index contributed by atoms with van der Waals surface area (Å²) in [6.07, 6.45) is 0.345. The fraction of sp³-hybridized carbons (Fsp3) is 0.429. The van der Waals surface area contributed by atoms with Crippen LogP contribution in [0.5, 0.6) is 0 Å². The van der Waals surface area contributed by atoms with Crippen molar-refractivity contribution in [2.24, 2.45) is 5.92 Å². The normalized spacial score (nSPS) is 12.2. The second-order valence-corrected chi connectivity index (χ2v) is 4.67. The zero-order valence-corrected chi connectivity index (χ0v) is 11.3. The number of carboxylic acids is 1. The minimum Gasteiger partial charge on any atom is -0.481 e. The van der Waals surface area contributed by atoms with E-state index in [2.05, 4.69) is 5.32 Å². The van der Waals surface area contributed by atoms with Gasteiger partial charge in [-0.05, 0) is 19.2 Å². The first kappa shape index (κ1) is 15.2. The van der Waals surface area contributed by atoms with Crippen LogP contribution in [0.4, 0.5) is 5.69 Å². The first-order chi connectivity index (χ1) is 8.99. The number of aliphatic carboxylic acids is 1. The Bertz CT molecular complexity index is 420. The Balaban J connectivity index is 2.28. The number of anilines is 1. The molecule has 0 fully saturated rings. The summed E-state index contributed by atoms with van der Waals surface area (Å²) in [5.41, 5.74) is 0.772. The highest BCUT2D eigenvalue weighted by molar-refractivity contribution is 5.90. The third-order valence-corrected chi connectivity index (χ3v) is 2.79. The lowest BCUT2D eigenvalue weighted by atomic mass is 10.2. The van der Waals surface area contributed by atoms with Crippen LogP contribution in [0, 0.1) is 5.92 Å². The fourth-order valence-corrected chi connectivity index (χ4v) is 1.67. The lowest BCUT2D eigenvalue weighted by Crippen LogP contribution is -2.31. The molecule has 0 heterocycles. The van der Waals surface area contributed by atoms with Gasteiger partial charge in [-0.3, -0.25) is 9.59 Å². The van der Waals surface area contributed by atoms with Gasteiger partial charge in [-0.15, -0.1) is 0 Å². The summed E-state index contributed by atoms with van der Waals surface area (Å²) in [6.45, 7) is 2.63. The van der Waals surface area contributed by atoms with Gasteiger partial charge in [-0.25, -0.2) is 0 Å². The summed E-state index contributed by atoms with van der Waals surface area (Å²) in [7, 11) is 1.81. The van der Waals surface area contributed by atoms with E-state index in [4.69, 9.17) is 5.11 Å². The van der Waals surface area contributed by atoms with E-state index in [1.54, 1.807) is 6.92 Å². The van der Waals surface area contributed by atoms with Crippen LogP contribution in [0.3, 0.4) is 0 Å². The molecule has 0 spiro atoms. The van der Waals surface area contributed by atoms with Crippen molar-refractivity contribution in [3.8, 4) is 0 Å². The van der Waals surface area contributed by atoms with E-state index < -0.39 is 11.9 Å². The lowest BCUT2D eigenvalue weighted by Gasteiger charge is -2.18. The highest BCUT2D eigenvalue weighted by Gasteiger charge is 2.14. The van der Waals surface area contributed by atoms with Gasteiger partial charge in [-0.2, -0.15) is 0 Å². The van der Waals surface area contributed by atoms with Crippen LogP contribution in [-0.2, 0) is 9.59 Å². The molecule has 2 N–H and O–H groups in total. The molecule has 0 bridgehead atoms. The number of amides is 1. The number of nitrogens with zero attached hydrogens (tertiary/aromatic N) is 1. The molecule has 1 aromatic carbocycles. The number of hydrogen-bond acceptors (Lipinski definition) is 3. The number of carbonyl (C=O) groups excluding carboxylic acids is 1.